The summed E-state index contributed by atoms with van der Waals surface area (Å²) in [6, 6.07) is 5.11. The van der Waals surface area contributed by atoms with Gasteiger partial charge in [-0.1, -0.05) is 13.0 Å². The summed E-state index contributed by atoms with van der Waals surface area (Å²) in [4.78, 5) is 14.7. The number of hydrogen-bond acceptors (Lipinski definition) is 5. The van der Waals surface area contributed by atoms with Crippen LogP contribution in [-0.4, -0.2) is 24.5 Å². The summed E-state index contributed by atoms with van der Waals surface area (Å²) in [7, 11) is -3.83. The van der Waals surface area contributed by atoms with Crippen LogP contribution in [0, 0.1) is 0 Å². The van der Waals surface area contributed by atoms with Crippen molar-refractivity contribution in [2.24, 2.45) is 0 Å². The molecule has 8 heteroatoms. The van der Waals surface area contributed by atoms with E-state index in [2.05, 4.69) is 9.71 Å². The molecule has 0 fully saturated rings. The number of aromatic nitrogens is 1. The highest BCUT2D eigenvalue weighted by Gasteiger charge is 2.17. The fourth-order valence-electron chi connectivity index (χ4n) is 1.63. The fraction of sp³-hybridized carbons (Fsp3) is 0.231. The van der Waals surface area contributed by atoms with Crippen molar-refractivity contribution in [2.75, 3.05) is 0 Å². The second-order valence-electron chi connectivity index (χ2n) is 4.23. The largest absolute Gasteiger partial charge is 0.478 e. The molecule has 21 heavy (non-hydrogen) atoms. The lowest BCUT2D eigenvalue weighted by atomic mass is 10.2. The summed E-state index contributed by atoms with van der Waals surface area (Å²) < 4.78 is 31.8. The molecule has 0 amide bonds. The van der Waals surface area contributed by atoms with Crippen LogP contribution in [0.1, 0.15) is 28.9 Å². The molecule has 0 bridgehead atoms. The summed E-state index contributed by atoms with van der Waals surface area (Å²) in [5, 5.41) is 8.87. The summed E-state index contributed by atoms with van der Waals surface area (Å²) in [5.74, 6) is -0.269. The Kier molecular flexibility index (Phi) is 4.39. The molecule has 2 N–H and O–H groups in total. The van der Waals surface area contributed by atoms with Crippen LogP contribution in [0.25, 0.3) is 0 Å². The van der Waals surface area contributed by atoms with Gasteiger partial charge >= 0.3 is 5.97 Å². The number of sulfonamides is 1. The number of aromatic carboxylic acids is 1. The summed E-state index contributed by atoms with van der Waals surface area (Å²) in [6.07, 6.45) is 2.20. The van der Waals surface area contributed by atoms with Crippen molar-refractivity contribution < 1.29 is 22.7 Å². The standard InChI is InChI=1S/C13H14N2O5S/c1-2-10-7-14-12(20-10)8-15-21(18,19)11-5-3-4-9(6-11)13(16)17/h3-7,15H,2,8H2,1H3,(H,16,17). The molecule has 1 aromatic carbocycles. The predicted molar refractivity (Wildman–Crippen MR) is 73.3 cm³/mol. The van der Waals surface area contributed by atoms with Crippen LogP contribution in [0.4, 0.5) is 0 Å². The summed E-state index contributed by atoms with van der Waals surface area (Å²) in [5.41, 5.74) is -0.0951. The lowest BCUT2D eigenvalue weighted by Gasteiger charge is -2.05. The van der Waals surface area contributed by atoms with Crippen LogP contribution in [0.2, 0.25) is 0 Å². The number of oxazole rings is 1. The van der Waals surface area contributed by atoms with E-state index >= 15 is 0 Å². The predicted octanol–water partition coefficient (Wildman–Crippen LogP) is 1.41. The third-order valence-electron chi connectivity index (χ3n) is 2.75. The number of carboxylic acids is 1. The van der Waals surface area contributed by atoms with E-state index in [0.717, 1.165) is 6.07 Å². The van der Waals surface area contributed by atoms with Gasteiger partial charge in [0, 0.05) is 6.42 Å². The Morgan fingerprint density at radius 1 is 1.43 bits per heavy atom. The molecule has 7 nitrogen and oxygen atoms in total. The number of aryl methyl sites for hydroxylation is 1. The Hall–Kier alpha value is -2.19. The zero-order valence-corrected chi connectivity index (χ0v) is 12.1. The van der Waals surface area contributed by atoms with E-state index in [1.165, 1.54) is 24.4 Å². The third kappa shape index (κ3) is 3.67. The molecular formula is C13H14N2O5S. The molecule has 0 saturated heterocycles. The minimum Gasteiger partial charge on any atom is -0.478 e. The first-order valence-electron chi connectivity index (χ1n) is 6.19. The number of carboxylic acid groups (broad SMARTS) is 1. The van der Waals surface area contributed by atoms with Crippen LogP contribution >= 0.6 is 0 Å². The van der Waals surface area contributed by atoms with E-state index in [-0.39, 0.29) is 22.9 Å². The highest BCUT2D eigenvalue weighted by atomic mass is 32.2. The molecule has 0 aliphatic carbocycles. The van der Waals surface area contributed by atoms with Gasteiger partial charge in [0.15, 0.2) is 0 Å². The number of carbonyl (C=O) groups is 1. The van der Waals surface area contributed by atoms with Crippen LogP contribution in [0.15, 0.2) is 39.8 Å². The first-order valence-corrected chi connectivity index (χ1v) is 7.67. The maximum absolute atomic E-state index is 12.1. The first kappa shape index (κ1) is 15.2. The monoisotopic (exact) mass is 310 g/mol. The zero-order chi connectivity index (χ0) is 15.5. The van der Waals surface area contributed by atoms with Gasteiger partial charge in [-0.05, 0) is 18.2 Å². The Balaban J connectivity index is 2.14. The molecule has 0 unspecified atom stereocenters. The van der Waals surface area contributed by atoms with Crippen LogP contribution in [0.5, 0.6) is 0 Å². The van der Waals surface area contributed by atoms with E-state index < -0.39 is 16.0 Å². The minimum absolute atomic E-state index is 0.0951. The number of rotatable bonds is 6. The number of nitrogens with one attached hydrogen (secondary N) is 1. The molecule has 112 valence electrons. The number of benzene rings is 1. The van der Waals surface area contributed by atoms with Gasteiger partial charge in [0.2, 0.25) is 15.9 Å². The fourth-order valence-corrected chi connectivity index (χ4v) is 2.65. The van der Waals surface area contributed by atoms with Crippen molar-refractivity contribution in [2.45, 2.75) is 24.8 Å². The molecular weight excluding hydrogens is 296 g/mol. The maximum Gasteiger partial charge on any atom is 0.335 e. The molecule has 2 aromatic rings. The molecule has 0 saturated carbocycles. The molecule has 0 spiro atoms. The maximum atomic E-state index is 12.1. The summed E-state index contributed by atoms with van der Waals surface area (Å²) >= 11 is 0. The lowest BCUT2D eigenvalue weighted by Crippen LogP contribution is -2.23. The first-order chi connectivity index (χ1) is 9.92. The molecule has 0 atom stereocenters. The van der Waals surface area contributed by atoms with Gasteiger partial charge in [-0.3, -0.25) is 0 Å². The highest BCUT2D eigenvalue weighted by Crippen LogP contribution is 2.12. The Morgan fingerprint density at radius 2 is 2.19 bits per heavy atom. The van der Waals surface area contributed by atoms with Crippen LogP contribution < -0.4 is 4.72 Å². The Labute approximate surface area is 121 Å². The van der Waals surface area contributed by atoms with Crippen LogP contribution in [0.3, 0.4) is 0 Å². The lowest BCUT2D eigenvalue weighted by molar-refractivity contribution is 0.0696. The van der Waals surface area contributed by atoms with Gasteiger partial charge < -0.3 is 9.52 Å². The van der Waals surface area contributed by atoms with E-state index in [1.807, 2.05) is 6.92 Å². The average molecular weight is 310 g/mol. The summed E-state index contributed by atoms with van der Waals surface area (Å²) in [6.45, 7) is 1.80. The van der Waals surface area contributed by atoms with Gasteiger partial charge in [0.05, 0.1) is 23.2 Å². The van der Waals surface area contributed by atoms with Gasteiger partial charge in [0.25, 0.3) is 0 Å². The average Bonchev–Trinajstić information content (AvgIpc) is 2.93. The van der Waals surface area contributed by atoms with Gasteiger partial charge in [0.1, 0.15) is 5.76 Å². The normalized spacial score (nSPS) is 11.5. The third-order valence-corrected chi connectivity index (χ3v) is 4.15. The van der Waals surface area contributed by atoms with Crippen molar-refractivity contribution in [3.63, 3.8) is 0 Å². The number of nitrogens with zero attached hydrogens (tertiary/aromatic N) is 1. The van der Waals surface area contributed by atoms with Crippen molar-refractivity contribution in [3.05, 3.63) is 47.7 Å². The topological polar surface area (TPSA) is 110 Å². The van der Waals surface area contributed by atoms with Gasteiger partial charge in [-0.15, -0.1) is 0 Å². The van der Waals surface area contributed by atoms with E-state index in [1.54, 1.807) is 0 Å². The van der Waals surface area contributed by atoms with Crippen molar-refractivity contribution in [3.8, 4) is 0 Å². The van der Waals surface area contributed by atoms with E-state index in [4.69, 9.17) is 9.52 Å². The molecule has 1 aromatic heterocycles. The van der Waals surface area contributed by atoms with Gasteiger partial charge in [-0.2, -0.15) is 0 Å². The van der Waals surface area contributed by atoms with E-state index in [0.29, 0.717) is 12.2 Å². The van der Waals surface area contributed by atoms with Crippen molar-refractivity contribution in [1.82, 2.24) is 9.71 Å². The Morgan fingerprint density at radius 3 is 2.81 bits per heavy atom. The number of hydrogen-bond donors (Lipinski definition) is 2. The van der Waals surface area contributed by atoms with Crippen molar-refractivity contribution >= 4 is 16.0 Å². The highest BCUT2D eigenvalue weighted by molar-refractivity contribution is 7.89. The Bertz CT molecular complexity index is 751. The minimum atomic E-state index is -3.83. The second kappa shape index (κ2) is 6.06. The SMILES string of the molecule is CCc1cnc(CNS(=O)(=O)c2cccc(C(=O)O)c2)o1. The molecule has 0 aliphatic rings. The smallest absolute Gasteiger partial charge is 0.335 e. The molecule has 0 aliphatic heterocycles. The van der Waals surface area contributed by atoms with Gasteiger partial charge in [-0.25, -0.2) is 22.9 Å². The van der Waals surface area contributed by atoms with E-state index in [9.17, 15) is 13.2 Å². The molecule has 1 heterocycles. The van der Waals surface area contributed by atoms with Crippen LogP contribution in [-0.2, 0) is 23.0 Å². The quantitative estimate of drug-likeness (QED) is 0.835. The molecule has 2 rings (SSSR count). The second-order valence-corrected chi connectivity index (χ2v) is 6.00. The van der Waals surface area contributed by atoms with Crippen molar-refractivity contribution in [1.29, 1.82) is 0 Å². The molecule has 0 radical (unpaired) electrons. The zero-order valence-electron chi connectivity index (χ0n) is 11.2.